The zero-order valence-corrected chi connectivity index (χ0v) is 35.0. The van der Waals surface area contributed by atoms with E-state index in [-0.39, 0.29) is 22.9 Å². The van der Waals surface area contributed by atoms with E-state index in [4.69, 9.17) is 9.47 Å². The van der Waals surface area contributed by atoms with Gasteiger partial charge in [-0.05, 0) is 129 Å². The van der Waals surface area contributed by atoms with Crippen LogP contribution in [0, 0.1) is 23.3 Å². The summed E-state index contributed by atoms with van der Waals surface area (Å²) < 4.78 is 65.1. The molecule has 1 saturated heterocycles. The van der Waals surface area contributed by atoms with Crippen molar-refractivity contribution in [1.82, 2.24) is 4.90 Å². The Morgan fingerprint density at radius 2 is 1.11 bits per heavy atom. The van der Waals surface area contributed by atoms with Gasteiger partial charge in [0, 0.05) is 52.2 Å². The fourth-order valence-electron chi connectivity index (χ4n) is 6.50. The van der Waals surface area contributed by atoms with E-state index in [9.17, 15) is 32.3 Å². The summed E-state index contributed by atoms with van der Waals surface area (Å²) in [6.45, 7) is 1.65. The van der Waals surface area contributed by atoms with Gasteiger partial charge in [-0.25, -0.2) is 17.6 Å². The summed E-state index contributed by atoms with van der Waals surface area (Å²) >= 11 is 3.35. The van der Waals surface area contributed by atoms with Crippen molar-refractivity contribution in [3.8, 4) is 11.5 Å². The van der Waals surface area contributed by atoms with Gasteiger partial charge in [0.2, 0.25) is 0 Å². The standard InChI is InChI=1S/C28H28F2N2O3.C20H14BrF2NO2/c1-32-15-13-28(34,14-16-32)12-11-19-3-10-26(35-2)23(17-19)27(33)20-4-7-22(8-5-20)31-25-9-6-21(29)18-24(25)30;1-26-19-9-4-13(21)10-16(19)20(25)12-2-6-15(7-3-12)24-18-8-5-14(22)11-17(18)23/h3-12,17-18,31,34H,13-16H2,1-2H3;2-11,24H,1H3/b12-11+;. The first kappa shape index (κ1) is 44.3. The number of methoxy groups -OCH3 is 2. The molecule has 0 bridgehead atoms. The number of aliphatic hydroxyl groups is 1. The van der Waals surface area contributed by atoms with Gasteiger partial charge in [-0.1, -0.05) is 34.1 Å². The van der Waals surface area contributed by atoms with Crippen LogP contribution in [0.1, 0.15) is 50.2 Å². The Morgan fingerprint density at radius 1 is 0.656 bits per heavy atom. The van der Waals surface area contributed by atoms with Crippen molar-refractivity contribution in [2.24, 2.45) is 0 Å². The molecule has 1 aliphatic rings. The Hall–Kier alpha value is -6.28. The van der Waals surface area contributed by atoms with Crippen molar-refractivity contribution in [2.45, 2.75) is 18.4 Å². The van der Waals surface area contributed by atoms with Crippen molar-refractivity contribution < 1.29 is 41.7 Å². The summed E-state index contributed by atoms with van der Waals surface area (Å²) in [6.07, 6.45) is 4.96. The lowest BCUT2D eigenvalue weighted by atomic mass is 9.90. The molecule has 1 fully saturated rings. The Balaban J connectivity index is 0.000000213. The van der Waals surface area contributed by atoms with Gasteiger partial charge in [0.15, 0.2) is 11.6 Å². The van der Waals surface area contributed by atoms with Crippen molar-refractivity contribution in [1.29, 1.82) is 0 Å². The second-order valence-electron chi connectivity index (χ2n) is 14.4. The molecule has 0 unspecified atom stereocenters. The number of benzene rings is 6. The minimum atomic E-state index is -0.858. The van der Waals surface area contributed by atoms with Crippen molar-refractivity contribution in [3.63, 3.8) is 0 Å². The van der Waals surface area contributed by atoms with E-state index in [1.165, 1.54) is 38.5 Å². The Labute approximate surface area is 359 Å². The van der Waals surface area contributed by atoms with Gasteiger partial charge in [0.25, 0.3) is 0 Å². The number of ketones is 2. The normalized spacial score (nSPS) is 13.5. The maximum Gasteiger partial charge on any atom is 0.196 e. The van der Waals surface area contributed by atoms with Crippen molar-refractivity contribution in [2.75, 3.05) is 45.0 Å². The van der Waals surface area contributed by atoms with Crippen LogP contribution in [0.15, 0.2) is 132 Å². The quantitative estimate of drug-likeness (QED) is 0.0825. The number of hydrogen-bond donors (Lipinski definition) is 3. The highest BCUT2D eigenvalue weighted by molar-refractivity contribution is 9.10. The van der Waals surface area contributed by atoms with E-state index in [0.29, 0.717) is 58.0 Å². The first-order chi connectivity index (χ1) is 29.2. The van der Waals surface area contributed by atoms with E-state index in [2.05, 4.69) is 31.5 Å². The lowest BCUT2D eigenvalue weighted by Gasteiger charge is -2.34. The molecule has 6 aromatic carbocycles. The molecular formula is C48H42BrF4N3O5. The molecule has 0 saturated carbocycles. The van der Waals surface area contributed by atoms with Crippen LogP contribution in [0.2, 0.25) is 0 Å². The summed E-state index contributed by atoms with van der Waals surface area (Å²) in [4.78, 5) is 28.2. The van der Waals surface area contributed by atoms with Crippen LogP contribution < -0.4 is 20.1 Å². The molecular weight excluding hydrogens is 854 g/mol. The number of carbonyl (C=O) groups excluding carboxylic acids is 2. The third-order valence-corrected chi connectivity index (χ3v) is 10.5. The van der Waals surface area contributed by atoms with Gasteiger partial charge in [-0.15, -0.1) is 0 Å². The van der Waals surface area contributed by atoms with E-state index >= 15 is 0 Å². The number of hydrogen-bond acceptors (Lipinski definition) is 8. The van der Waals surface area contributed by atoms with Gasteiger partial charge < -0.3 is 30.1 Å². The molecule has 1 aliphatic heterocycles. The smallest absolute Gasteiger partial charge is 0.196 e. The van der Waals surface area contributed by atoms with Gasteiger partial charge in [-0.2, -0.15) is 0 Å². The molecule has 13 heteroatoms. The van der Waals surface area contributed by atoms with Crippen LogP contribution in [-0.2, 0) is 0 Å². The molecule has 0 spiro atoms. The Bertz CT molecular complexity index is 2540. The lowest BCUT2D eigenvalue weighted by molar-refractivity contribution is 0.0272. The molecule has 6 aromatic rings. The molecule has 1 heterocycles. The van der Waals surface area contributed by atoms with Crippen LogP contribution in [-0.4, -0.2) is 61.5 Å². The molecule has 0 amide bonds. The largest absolute Gasteiger partial charge is 0.496 e. The number of piperidine rings is 1. The van der Waals surface area contributed by atoms with Gasteiger partial charge in [-0.3, -0.25) is 9.59 Å². The highest BCUT2D eigenvalue weighted by atomic mass is 79.9. The number of nitrogens with one attached hydrogen (secondary N) is 2. The van der Waals surface area contributed by atoms with E-state index in [1.807, 2.05) is 25.3 Å². The predicted octanol–water partition coefficient (Wildman–Crippen LogP) is 11.1. The molecule has 61 heavy (non-hydrogen) atoms. The van der Waals surface area contributed by atoms with Crippen LogP contribution in [0.5, 0.6) is 11.5 Å². The maximum absolute atomic E-state index is 13.9. The molecule has 3 N–H and O–H groups in total. The first-order valence-corrected chi connectivity index (χ1v) is 19.9. The number of carbonyl (C=O) groups is 2. The molecule has 0 radical (unpaired) electrons. The average Bonchev–Trinajstić information content (AvgIpc) is 3.26. The number of halogens is 5. The average molecular weight is 897 g/mol. The second kappa shape index (κ2) is 19.9. The Kier molecular flexibility index (Phi) is 14.4. The van der Waals surface area contributed by atoms with Crippen LogP contribution in [0.3, 0.4) is 0 Å². The number of ether oxygens (including phenoxy) is 2. The third-order valence-electron chi connectivity index (χ3n) is 10.0. The van der Waals surface area contributed by atoms with Crippen LogP contribution in [0.25, 0.3) is 6.08 Å². The number of nitrogens with zero attached hydrogens (tertiary/aromatic N) is 1. The number of likely N-dealkylation sites (tertiary alicyclic amines) is 1. The molecule has 8 nitrogen and oxygen atoms in total. The fourth-order valence-corrected chi connectivity index (χ4v) is 6.86. The van der Waals surface area contributed by atoms with Gasteiger partial charge in [0.1, 0.15) is 34.8 Å². The Morgan fingerprint density at radius 3 is 1.57 bits per heavy atom. The SMILES string of the molecule is COc1ccc(/C=C/C2(O)CCN(C)CC2)cc1C(=O)c1ccc(Nc2ccc(F)cc2F)cc1.COc1ccc(Br)cc1C(=O)c1ccc(Nc2ccc(F)cc2F)cc1. The summed E-state index contributed by atoms with van der Waals surface area (Å²) in [5, 5.41) is 16.5. The summed E-state index contributed by atoms with van der Waals surface area (Å²) in [7, 11) is 5.05. The van der Waals surface area contributed by atoms with E-state index in [1.54, 1.807) is 78.9 Å². The van der Waals surface area contributed by atoms with Crippen LogP contribution >= 0.6 is 15.9 Å². The molecule has 0 aliphatic carbocycles. The molecule has 314 valence electrons. The molecule has 0 aromatic heterocycles. The van der Waals surface area contributed by atoms with E-state index < -0.39 is 28.9 Å². The molecule has 7 rings (SSSR count). The van der Waals surface area contributed by atoms with Gasteiger partial charge >= 0.3 is 0 Å². The highest BCUT2D eigenvalue weighted by Crippen LogP contribution is 2.30. The zero-order valence-electron chi connectivity index (χ0n) is 33.4. The number of rotatable bonds is 12. The third kappa shape index (κ3) is 11.5. The minimum absolute atomic E-state index is 0.137. The van der Waals surface area contributed by atoms with E-state index in [0.717, 1.165) is 35.3 Å². The predicted molar refractivity (Wildman–Crippen MR) is 233 cm³/mol. The van der Waals surface area contributed by atoms with Crippen LogP contribution in [0.4, 0.5) is 40.3 Å². The fraction of sp³-hybridized carbons (Fsp3) is 0.167. The molecule has 0 atom stereocenters. The van der Waals surface area contributed by atoms with Crippen molar-refractivity contribution >= 4 is 56.3 Å². The second-order valence-corrected chi connectivity index (χ2v) is 15.3. The summed E-state index contributed by atoms with van der Waals surface area (Å²) in [5.41, 5.74) is 3.08. The van der Waals surface area contributed by atoms with Crippen molar-refractivity contribution in [3.05, 3.63) is 183 Å². The monoisotopic (exact) mass is 895 g/mol. The van der Waals surface area contributed by atoms with Gasteiger partial charge in [0.05, 0.1) is 42.3 Å². The summed E-state index contributed by atoms with van der Waals surface area (Å²) in [5.74, 6) is -2.18. The highest BCUT2D eigenvalue weighted by Gasteiger charge is 2.28. The lowest BCUT2D eigenvalue weighted by Crippen LogP contribution is -2.41. The minimum Gasteiger partial charge on any atom is -0.496 e. The first-order valence-electron chi connectivity index (χ1n) is 19.1. The summed E-state index contributed by atoms with van der Waals surface area (Å²) in [6, 6.07) is 30.2. The topological polar surface area (TPSA) is 100 Å². The zero-order chi connectivity index (χ0) is 43.7. The maximum atomic E-state index is 13.9. The number of anilines is 4.